The molecule has 0 aromatic carbocycles. The van der Waals surface area contributed by atoms with Crippen molar-refractivity contribution in [3.63, 3.8) is 0 Å². The Morgan fingerprint density at radius 1 is 0.340 bits per heavy atom. The van der Waals surface area contributed by atoms with Gasteiger partial charge in [0.05, 0.1) is 50.8 Å². The molecule has 0 saturated carbocycles. The molecule has 0 aliphatic carbocycles. The van der Waals surface area contributed by atoms with Crippen LogP contribution in [0.2, 0.25) is 0 Å². The van der Waals surface area contributed by atoms with E-state index in [1.165, 1.54) is 92.0 Å². The van der Waals surface area contributed by atoms with Gasteiger partial charge in [-0.2, -0.15) is 141 Å². The zero-order valence-electron chi connectivity index (χ0n) is 29.1. The van der Waals surface area contributed by atoms with Gasteiger partial charge in [0.25, 0.3) is 0 Å². The second-order valence-corrected chi connectivity index (χ2v) is 28.3. The van der Waals surface area contributed by atoms with Crippen molar-refractivity contribution in [2.75, 3.05) is 141 Å². The van der Waals surface area contributed by atoms with Crippen molar-refractivity contribution in [2.45, 2.75) is 45.4 Å². The lowest BCUT2D eigenvalue weighted by atomic mass is 9.99. The first-order valence-corrected chi connectivity index (χ1v) is 31.6. The van der Waals surface area contributed by atoms with Crippen LogP contribution >= 0.6 is 141 Å². The minimum Gasteiger partial charge on any atom is -0.372 e. The molecule has 0 radical (unpaired) electrons. The normalized spacial score (nSPS) is 34.6. The van der Waals surface area contributed by atoms with Gasteiger partial charge in [-0.1, -0.05) is 0 Å². The second kappa shape index (κ2) is 22.4. The van der Waals surface area contributed by atoms with E-state index >= 15 is 0 Å². The Morgan fingerprint density at radius 3 is 0.680 bits per heavy atom. The molecule has 8 atom stereocenters. The maximum atomic E-state index is 5.40. The smallest absolute Gasteiger partial charge is 0.0900 e. The predicted molar refractivity (Wildman–Crippen MR) is 247 cm³/mol. The van der Waals surface area contributed by atoms with Gasteiger partial charge >= 0.3 is 0 Å². The predicted octanol–water partition coefficient (Wildman–Crippen LogP) is 7.87. The van der Waals surface area contributed by atoms with Crippen LogP contribution < -0.4 is 0 Å². The van der Waals surface area contributed by atoms with E-state index in [1.54, 1.807) is 0 Å². The summed E-state index contributed by atoms with van der Waals surface area (Å²) in [7, 11) is 0. The summed E-state index contributed by atoms with van der Waals surface area (Å²) in [5, 5.41) is 3.96. The van der Waals surface area contributed by atoms with Crippen molar-refractivity contribution >= 4 is 141 Å². The van der Waals surface area contributed by atoms with Crippen molar-refractivity contribution < 1.29 is 18.9 Å². The molecule has 0 bridgehead atoms. The molecule has 8 rings (SSSR count). The highest BCUT2D eigenvalue weighted by atomic mass is 32.2. The van der Waals surface area contributed by atoms with Crippen molar-refractivity contribution in [3.05, 3.63) is 0 Å². The third-order valence-corrected chi connectivity index (χ3v) is 25.2. The number of ether oxygens (including phenoxy) is 4. The Bertz CT molecular complexity index is 741. The lowest BCUT2D eigenvalue weighted by Gasteiger charge is -2.33. The molecule has 8 fully saturated rings. The lowest BCUT2D eigenvalue weighted by molar-refractivity contribution is 0.424. The van der Waals surface area contributed by atoms with Crippen LogP contribution in [0.3, 0.4) is 0 Å². The van der Waals surface area contributed by atoms with Crippen LogP contribution in [-0.4, -0.2) is 187 Å². The fraction of sp³-hybridized carbons (Fsp3) is 1.00. The molecule has 16 heteroatoms. The van der Waals surface area contributed by atoms with Gasteiger partial charge in [0.1, 0.15) is 0 Å². The average Bonchev–Trinajstić information content (AvgIpc) is 3.92. The summed E-state index contributed by atoms with van der Waals surface area (Å²) >= 11 is 26.1. The zero-order chi connectivity index (χ0) is 33.9. The molecule has 0 amide bonds. The molecule has 8 aliphatic heterocycles. The highest BCUT2D eigenvalue weighted by Gasteiger charge is 2.37. The Kier molecular flexibility index (Phi) is 18.9. The van der Waals surface area contributed by atoms with Gasteiger partial charge in [0.15, 0.2) is 0 Å². The molecule has 8 unspecified atom stereocenters. The number of thioether (sulfide) groups is 12. The van der Waals surface area contributed by atoms with Gasteiger partial charge < -0.3 is 18.9 Å². The molecular weight excluding hydrogens is 857 g/mol. The third-order valence-electron chi connectivity index (χ3n) is 8.91. The monoisotopic (exact) mass is 912 g/mol. The molecule has 288 valence electrons. The van der Waals surface area contributed by atoms with Crippen LogP contribution in [0.1, 0.15) is 0 Å². The van der Waals surface area contributed by atoms with E-state index < -0.39 is 0 Å². The molecule has 0 aromatic rings. The van der Waals surface area contributed by atoms with Gasteiger partial charge in [-0.3, -0.25) is 0 Å². The summed E-state index contributed by atoms with van der Waals surface area (Å²) in [5.41, 5.74) is 0.959. The molecule has 0 N–H and O–H groups in total. The first-order chi connectivity index (χ1) is 24.6. The van der Waals surface area contributed by atoms with E-state index in [0.29, 0.717) is 35.2 Å². The Labute approximate surface area is 354 Å². The summed E-state index contributed by atoms with van der Waals surface area (Å²) in [6, 6.07) is 0. The molecule has 8 saturated heterocycles. The molecule has 8 heterocycles. The lowest BCUT2D eigenvalue weighted by Crippen LogP contribution is -2.34. The SMILES string of the molecule is C(SCC(CSCC1CS1)(CSCC1CS1)CSCC1CS1)C1CS1.C1OC1CSCC(CSCC1CO1)(CSCC1CO1)CSCC1CO1. The van der Waals surface area contributed by atoms with E-state index in [0.717, 1.165) is 70.4 Å². The van der Waals surface area contributed by atoms with Crippen LogP contribution in [0.4, 0.5) is 0 Å². The van der Waals surface area contributed by atoms with Crippen molar-refractivity contribution in [2.24, 2.45) is 10.8 Å². The first kappa shape index (κ1) is 42.2. The fourth-order valence-corrected chi connectivity index (χ4v) is 21.1. The van der Waals surface area contributed by atoms with E-state index in [-0.39, 0.29) is 0 Å². The van der Waals surface area contributed by atoms with Crippen molar-refractivity contribution in [3.8, 4) is 0 Å². The Morgan fingerprint density at radius 2 is 0.520 bits per heavy atom. The summed E-state index contributed by atoms with van der Waals surface area (Å²) in [4.78, 5) is 0. The number of epoxide rings is 4. The highest BCUT2D eigenvalue weighted by molar-refractivity contribution is 8.10. The Hall–Kier alpha value is 4.04. The molecule has 0 aromatic heterocycles. The maximum absolute atomic E-state index is 5.40. The minimum absolute atomic E-state index is 0.387. The maximum Gasteiger partial charge on any atom is 0.0900 e. The molecule has 4 nitrogen and oxygen atoms in total. The highest BCUT2D eigenvalue weighted by Crippen LogP contribution is 2.44. The van der Waals surface area contributed by atoms with Gasteiger partial charge in [-0.15, -0.1) is 0 Å². The van der Waals surface area contributed by atoms with E-state index in [9.17, 15) is 0 Å². The van der Waals surface area contributed by atoms with Gasteiger partial charge in [-0.05, 0) is 0 Å². The summed E-state index contributed by atoms with van der Waals surface area (Å²) in [6.07, 6.45) is 2.09. The first-order valence-electron chi connectivity index (χ1n) is 18.2. The average molecular weight is 914 g/mol. The van der Waals surface area contributed by atoms with E-state index in [4.69, 9.17) is 18.9 Å². The molecule has 8 aliphatic rings. The number of rotatable bonds is 32. The summed E-state index contributed by atoms with van der Waals surface area (Å²) in [5.74, 6) is 26.5. The van der Waals surface area contributed by atoms with E-state index in [2.05, 4.69) is 141 Å². The summed E-state index contributed by atoms with van der Waals surface area (Å²) < 4.78 is 21.6. The Balaban J connectivity index is 0.000000157. The van der Waals surface area contributed by atoms with Gasteiger partial charge in [-0.25, -0.2) is 0 Å². The third kappa shape index (κ3) is 19.2. The zero-order valence-corrected chi connectivity index (χ0v) is 38.9. The molecule has 50 heavy (non-hydrogen) atoms. The quantitative estimate of drug-likeness (QED) is 0.0616. The van der Waals surface area contributed by atoms with Gasteiger partial charge in [0, 0.05) is 147 Å². The summed E-state index contributed by atoms with van der Waals surface area (Å²) in [6.45, 7) is 3.87. The number of hydrogen-bond donors (Lipinski definition) is 0. The van der Waals surface area contributed by atoms with E-state index in [1.807, 2.05) is 0 Å². The van der Waals surface area contributed by atoms with Crippen molar-refractivity contribution in [1.82, 2.24) is 0 Å². The van der Waals surface area contributed by atoms with Gasteiger partial charge in [0.2, 0.25) is 0 Å². The molecule has 0 spiro atoms. The molecular formula is C34H56O4S12. The largest absolute Gasteiger partial charge is 0.372 e. The van der Waals surface area contributed by atoms with Crippen LogP contribution in [0, 0.1) is 10.8 Å². The van der Waals surface area contributed by atoms with Crippen molar-refractivity contribution in [1.29, 1.82) is 0 Å². The van der Waals surface area contributed by atoms with Crippen LogP contribution in [0.5, 0.6) is 0 Å². The standard InChI is InChI=1S/C17H28O4S4.C17H28S8/c1-13(18-1)5-22-9-17(10-23-6-14-2-19-14,11-24-7-15-3-20-15)12-25-8-16-4-21-16;1(13-5-22-13)18-9-17(10-19-2-14-6-23-14,11-20-3-15-7-24-15)12-21-4-16-8-25-16/h2*13-16H,1-12H2. The van der Waals surface area contributed by atoms with Crippen LogP contribution in [0.15, 0.2) is 0 Å². The fourth-order valence-electron chi connectivity index (χ4n) is 5.07. The van der Waals surface area contributed by atoms with Crippen LogP contribution in [-0.2, 0) is 18.9 Å². The topological polar surface area (TPSA) is 50.1 Å². The minimum atomic E-state index is 0.387. The van der Waals surface area contributed by atoms with Crippen LogP contribution in [0.25, 0.3) is 0 Å². The number of hydrogen-bond acceptors (Lipinski definition) is 16. The second-order valence-electron chi connectivity index (χ2n) is 14.8.